The lowest BCUT2D eigenvalue weighted by molar-refractivity contribution is -0.117. The van der Waals surface area contributed by atoms with Crippen LogP contribution in [0.2, 0.25) is 0 Å². The summed E-state index contributed by atoms with van der Waals surface area (Å²) in [6, 6.07) is 6.30. The number of fused-ring (bicyclic) bond motifs is 1. The SMILES string of the molecule is NC(=O)c1c(NC(=O)C2CC2c2ccc(F)cc2)sc2c1CCCCC2. The van der Waals surface area contributed by atoms with Gasteiger partial charge in [0.15, 0.2) is 0 Å². The summed E-state index contributed by atoms with van der Waals surface area (Å²) in [7, 11) is 0. The van der Waals surface area contributed by atoms with Crippen molar-refractivity contribution in [2.45, 2.75) is 44.4 Å². The van der Waals surface area contributed by atoms with E-state index in [4.69, 9.17) is 5.73 Å². The molecular formula is C20H21FN2O2S. The van der Waals surface area contributed by atoms with Crippen LogP contribution in [0.1, 0.15) is 58.0 Å². The Morgan fingerprint density at radius 1 is 1.12 bits per heavy atom. The molecule has 2 amide bonds. The van der Waals surface area contributed by atoms with Crippen molar-refractivity contribution in [3.05, 3.63) is 51.7 Å². The van der Waals surface area contributed by atoms with Crippen LogP contribution in [0.3, 0.4) is 0 Å². The highest BCUT2D eigenvalue weighted by atomic mass is 32.1. The third-order valence-corrected chi connectivity index (χ3v) is 6.54. The number of benzene rings is 1. The number of thiophene rings is 1. The Kier molecular flexibility index (Phi) is 4.53. The van der Waals surface area contributed by atoms with Gasteiger partial charge in [-0.1, -0.05) is 18.6 Å². The summed E-state index contributed by atoms with van der Waals surface area (Å²) in [6.07, 6.45) is 5.84. The van der Waals surface area contributed by atoms with E-state index < -0.39 is 5.91 Å². The van der Waals surface area contributed by atoms with E-state index in [2.05, 4.69) is 5.32 Å². The second-order valence-electron chi connectivity index (χ2n) is 7.12. The summed E-state index contributed by atoms with van der Waals surface area (Å²) in [6.45, 7) is 0. The molecule has 0 spiro atoms. The Balaban J connectivity index is 1.52. The molecule has 136 valence electrons. The van der Waals surface area contributed by atoms with Gasteiger partial charge in [-0.2, -0.15) is 0 Å². The standard InChI is InChI=1S/C20H21FN2O2S/c21-12-8-6-11(7-9-12)14-10-15(14)19(25)23-20-17(18(22)24)13-4-2-1-3-5-16(13)26-20/h6-9,14-15H,1-5,10H2,(H2,22,24)(H,23,25). The number of carbonyl (C=O) groups is 2. The average molecular weight is 372 g/mol. The number of nitrogens with one attached hydrogen (secondary N) is 1. The fraction of sp³-hybridized carbons (Fsp3) is 0.400. The predicted octanol–water partition coefficient (Wildman–Crippen LogP) is 4.00. The number of aryl methyl sites for hydroxylation is 1. The summed E-state index contributed by atoms with van der Waals surface area (Å²) >= 11 is 1.49. The summed E-state index contributed by atoms with van der Waals surface area (Å²) in [4.78, 5) is 25.8. The number of amides is 2. The molecule has 1 aromatic carbocycles. The maximum Gasteiger partial charge on any atom is 0.251 e. The van der Waals surface area contributed by atoms with Crippen molar-refractivity contribution in [3.8, 4) is 0 Å². The first-order valence-corrected chi connectivity index (χ1v) is 9.87. The smallest absolute Gasteiger partial charge is 0.251 e. The quantitative estimate of drug-likeness (QED) is 0.797. The van der Waals surface area contributed by atoms with Gasteiger partial charge < -0.3 is 11.1 Å². The summed E-state index contributed by atoms with van der Waals surface area (Å²) in [5.74, 6) is -0.848. The molecule has 4 nitrogen and oxygen atoms in total. The number of hydrogen-bond donors (Lipinski definition) is 2. The number of halogens is 1. The van der Waals surface area contributed by atoms with Crippen molar-refractivity contribution in [3.63, 3.8) is 0 Å². The minimum absolute atomic E-state index is 0.0850. The first kappa shape index (κ1) is 17.2. The molecule has 0 bridgehead atoms. The maximum absolute atomic E-state index is 13.1. The highest BCUT2D eigenvalue weighted by Gasteiger charge is 2.44. The van der Waals surface area contributed by atoms with E-state index in [1.807, 2.05) is 0 Å². The maximum atomic E-state index is 13.1. The molecule has 1 saturated carbocycles. The molecule has 6 heteroatoms. The number of anilines is 1. The number of rotatable bonds is 4. The second-order valence-corrected chi connectivity index (χ2v) is 8.23. The lowest BCUT2D eigenvalue weighted by Gasteiger charge is -2.06. The minimum atomic E-state index is -0.467. The van der Waals surface area contributed by atoms with Crippen LogP contribution in [0, 0.1) is 11.7 Å². The zero-order valence-electron chi connectivity index (χ0n) is 14.4. The minimum Gasteiger partial charge on any atom is -0.365 e. The first-order valence-electron chi connectivity index (χ1n) is 9.05. The van der Waals surface area contributed by atoms with E-state index in [-0.39, 0.29) is 23.6 Å². The van der Waals surface area contributed by atoms with Crippen LogP contribution < -0.4 is 11.1 Å². The van der Waals surface area contributed by atoms with E-state index in [0.717, 1.165) is 49.7 Å². The molecular weight excluding hydrogens is 351 g/mol. The van der Waals surface area contributed by atoms with E-state index in [9.17, 15) is 14.0 Å². The average Bonchev–Trinajstić information content (AvgIpc) is 3.37. The van der Waals surface area contributed by atoms with E-state index in [1.165, 1.54) is 28.3 Å². The van der Waals surface area contributed by atoms with Gasteiger partial charge in [0.2, 0.25) is 5.91 Å². The summed E-state index contributed by atoms with van der Waals surface area (Å²) in [5.41, 5.74) is 8.12. The van der Waals surface area contributed by atoms with Gasteiger partial charge in [0, 0.05) is 10.8 Å². The Morgan fingerprint density at radius 3 is 2.58 bits per heavy atom. The van der Waals surface area contributed by atoms with Gasteiger partial charge in [-0.3, -0.25) is 9.59 Å². The van der Waals surface area contributed by atoms with Crippen LogP contribution in [0.15, 0.2) is 24.3 Å². The summed E-state index contributed by atoms with van der Waals surface area (Å²) < 4.78 is 13.1. The van der Waals surface area contributed by atoms with Crippen molar-refractivity contribution < 1.29 is 14.0 Å². The first-order chi connectivity index (χ1) is 12.5. The third kappa shape index (κ3) is 3.26. The van der Waals surface area contributed by atoms with Crippen LogP contribution >= 0.6 is 11.3 Å². The molecule has 0 radical (unpaired) electrons. The predicted molar refractivity (Wildman–Crippen MR) is 100.0 cm³/mol. The van der Waals surface area contributed by atoms with Crippen LogP contribution in [0.25, 0.3) is 0 Å². The van der Waals surface area contributed by atoms with Crippen molar-refractivity contribution in [2.24, 2.45) is 11.7 Å². The normalized spacial score (nSPS) is 21.6. The number of nitrogens with two attached hydrogens (primary N) is 1. The topological polar surface area (TPSA) is 72.2 Å². The van der Waals surface area contributed by atoms with E-state index >= 15 is 0 Å². The molecule has 0 aliphatic heterocycles. The molecule has 26 heavy (non-hydrogen) atoms. The third-order valence-electron chi connectivity index (χ3n) is 5.33. The zero-order chi connectivity index (χ0) is 18.3. The molecule has 4 rings (SSSR count). The van der Waals surface area contributed by atoms with Gasteiger partial charge in [0.25, 0.3) is 5.91 Å². The molecule has 2 aliphatic carbocycles. The fourth-order valence-electron chi connectivity index (χ4n) is 3.86. The lowest BCUT2D eigenvalue weighted by atomic mass is 10.1. The highest BCUT2D eigenvalue weighted by molar-refractivity contribution is 7.17. The Bertz CT molecular complexity index is 859. The van der Waals surface area contributed by atoms with Crippen molar-refractivity contribution in [1.82, 2.24) is 0 Å². The Morgan fingerprint density at radius 2 is 1.85 bits per heavy atom. The van der Waals surface area contributed by atoms with Crippen LogP contribution in [0.5, 0.6) is 0 Å². The van der Waals surface area contributed by atoms with Crippen LogP contribution in [-0.2, 0) is 17.6 Å². The van der Waals surface area contributed by atoms with Gasteiger partial charge >= 0.3 is 0 Å². The van der Waals surface area contributed by atoms with Gasteiger partial charge in [0.05, 0.1) is 5.56 Å². The number of carbonyl (C=O) groups excluding carboxylic acids is 2. The molecule has 1 heterocycles. The molecule has 2 aromatic rings. The molecule has 2 atom stereocenters. The molecule has 3 N–H and O–H groups in total. The largest absolute Gasteiger partial charge is 0.365 e. The molecule has 2 aliphatic rings. The monoisotopic (exact) mass is 372 g/mol. The second kappa shape index (κ2) is 6.83. The van der Waals surface area contributed by atoms with E-state index in [0.29, 0.717) is 10.6 Å². The van der Waals surface area contributed by atoms with Gasteiger partial charge in [-0.25, -0.2) is 4.39 Å². The van der Waals surface area contributed by atoms with Gasteiger partial charge in [-0.05, 0) is 61.3 Å². The van der Waals surface area contributed by atoms with Gasteiger partial charge in [-0.15, -0.1) is 11.3 Å². The van der Waals surface area contributed by atoms with Gasteiger partial charge in [0.1, 0.15) is 10.8 Å². The number of hydrogen-bond acceptors (Lipinski definition) is 3. The van der Waals surface area contributed by atoms with Crippen molar-refractivity contribution >= 4 is 28.2 Å². The lowest BCUT2D eigenvalue weighted by Crippen LogP contribution is -2.19. The molecule has 1 aromatic heterocycles. The fourth-order valence-corrected chi connectivity index (χ4v) is 5.16. The number of primary amides is 1. The molecule has 1 fully saturated rings. The van der Waals surface area contributed by atoms with Crippen LogP contribution in [0.4, 0.5) is 9.39 Å². The van der Waals surface area contributed by atoms with Crippen molar-refractivity contribution in [1.29, 1.82) is 0 Å². The Hall–Kier alpha value is -2.21. The molecule has 2 unspecified atom stereocenters. The molecule has 0 saturated heterocycles. The summed E-state index contributed by atoms with van der Waals surface area (Å²) in [5, 5.41) is 3.54. The van der Waals surface area contributed by atoms with E-state index in [1.54, 1.807) is 12.1 Å². The highest BCUT2D eigenvalue weighted by Crippen LogP contribution is 2.48. The van der Waals surface area contributed by atoms with Crippen LogP contribution in [-0.4, -0.2) is 11.8 Å². The zero-order valence-corrected chi connectivity index (χ0v) is 15.2. The Labute approximate surface area is 155 Å². The van der Waals surface area contributed by atoms with Crippen molar-refractivity contribution in [2.75, 3.05) is 5.32 Å².